The standard InChI is InChI=1S/C11H8BrN3O3/c1-7(16)10-4-9(15(17)18)2-3-11(10)14-6-8(12)5-13-14/h2-6H,1H3. The Morgan fingerprint density at radius 2 is 2.22 bits per heavy atom. The van der Waals surface area contributed by atoms with Crippen LogP contribution in [0, 0.1) is 10.1 Å². The van der Waals surface area contributed by atoms with Gasteiger partial charge >= 0.3 is 0 Å². The van der Waals surface area contributed by atoms with Gasteiger partial charge in [0.15, 0.2) is 5.78 Å². The van der Waals surface area contributed by atoms with E-state index in [4.69, 9.17) is 0 Å². The molecule has 2 rings (SSSR count). The third kappa shape index (κ3) is 2.30. The van der Waals surface area contributed by atoms with Crippen LogP contribution in [0.3, 0.4) is 0 Å². The largest absolute Gasteiger partial charge is 0.294 e. The van der Waals surface area contributed by atoms with Crippen LogP contribution < -0.4 is 0 Å². The molecule has 0 saturated carbocycles. The lowest BCUT2D eigenvalue weighted by atomic mass is 10.1. The first-order chi connectivity index (χ1) is 8.49. The Labute approximate surface area is 111 Å². The molecule has 6 nitrogen and oxygen atoms in total. The number of non-ortho nitro benzene ring substituents is 1. The van der Waals surface area contributed by atoms with Gasteiger partial charge in [0.25, 0.3) is 5.69 Å². The van der Waals surface area contributed by atoms with Crippen molar-refractivity contribution in [3.05, 3.63) is 50.7 Å². The summed E-state index contributed by atoms with van der Waals surface area (Å²) >= 11 is 3.25. The number of Topliss-reactive ketones (excluding diaryl/α,β-unsaturated/α-hetero) is 1. The second-order valence-corrected chi connectivity index (χ2v) is 4.53. The van der Waals surface area contributed by atoms with Gasteiger partial charge in [-0.05, 0) is 28.9 Å². The molecular formula is C11H8BrN3O3. The monoisotopic (exact) mass is 309 g/mol. The number of hydrogen-bond donors (Lipinski definition) is 0. The Balaban J connectivity index is 2.60. The van der Waals surface area contributed by atoms with Crippen molar-refractivity contribution in [1.29, 1.82) is 0 Å². The van der Waals surface area contributed by atoms with E-state index in [9.17, 15) is 14.9 Å². The summed E-state index contributed by atoms with van der Waals surface area (Å²) in [5.41, 5.74) is 0.661. The van der Waals surface area contributed by atoms with Gasteiger partial charge in [0.1, 0.15) is 0 Å². The molecule has 0 N–H and O–H groups in total. The summed E-state index contributed by atoms with van der Waals surface area (Å²) in [6, 6.07) is 4.11. The molecule has 0 saturated heterocycles. The summed E-state index contributed by atoms with van der Waals surface area (Å²) in [4.78, 5) is 21.7. The van der Waals surface area contributed by atoms with Crippen molar-refractivity contribution < 1.29 is 9.72 Å². The van der Waals surface area contributed by atoms with Gasteiger partial charge in [0.05, 0.1) is 21.3 Å². The highest BCUT2D eigenvalue weighted by Gasteiger charge is 2.15. The number of halogens is 1. The zero-order chi connectivity index (χ0) is 13.3. The van der Waals surface area contributed by atoms with E-state index in [-0.39, 0.29) is 17.0 Å². The van der Waals surface area contributed by atoms with Crippen LogP contribution >= 0.6 is 15.9 Å². The highest BCUT2D eigenvalue weighted by Crippen LogP contribution is 2.22. The number of benzene rings is 1. The minimum atomic E-state index is -0.533. The fourth-order valence-electron chi connectivity index (χ4n) is 1.55. The average Bonchev–Trinajstić information content (AvgIpc) is 2.74. The third-order valence-corrected chi connectivity index (χ3v) is 2.78. The second-order valence-electron chi connectivity index (χ2n) is 3.62. The molecule has 2 aromatic rings. The molecule has 0 aliphatic rings. The van der Waals surface area contributed by atoms with E-state index in [1.54, 1.807) is 12.4 Å². The lowest BCUT2D eigenvalue weighted by molar-refractivity contribution is -0.384. The molecule has 1 aromatic heterocycles. The van der Waals surface area contributed by atoms with Gasteiger partial charge in [0.2, 0.25) is 0 Å². The molecule has 0 unspecified atom stereocenters. The van der Waals surface area contributed by atoms with Crippen molar-refractivity contribution in [2.75, 3.05) is 0 Å². The Morgan fingerprint density at radius 1 is 1.50 bits per heavy atom. The van der Waals surface area contributed by atoms with Gasteiger partial charge < -0.3 is 0 Å². The minimum Gasteiger partial charge on any atom is -0.294 e. The number of carbonyl (C=O) groups excluding carboxylic acids is 1. The van der Waals surface area contributed by atoms with E-state index < -0.39 is 4.92 Å². The van der Waals surface area contributed by atoms with Crippen LogP contribution in [-0.2, 0) is 0 Å². The Hall–Kier alpha value is -2.02. The summed E-state index contributed by atoms with van der Waals surface area (Å²) in [6.45, 7) is 1.36. The van der Waals surface area contributed by atoms with Crippen LogP contribution in [-0.4, -0.2) is 20.5 Å². The zero-order valence-electron chi connectivity index (χ0n) is 9.33. The van der Waals surface area contributed by atoms with E-state index in [0.717, 1.165) is 4.47 Å². The van der Waals surface area contributed by atoms with Crippen molar-refractivity contribution >= 4 is 27.4 Å². The van der Waals surface area contributed by atoms with Crippen LogP contribution in [0.2, 0.25) is 0 Å². The number of ketones is 1. The van der Waals surface area contributed by atoms with E-state index in [1.807, 2.05) is 0 Å². The molecule has 0 fully saturated rings. The lowest BCUT2D eigenvalue weighted by Gasteiger charge is -2.06. The normalized spacial score (nSPS) is 10.3. The summed E-state index contributed by atoms with van der Waals surface area (Å²) in [5.74, 6) is -0.250. The Bertz CT molecular complexity index is 636. The van der Waals surface area contributed by atoms with E-state index >= 15 is 0 Å². The highest BCUT2D eigenvalue weighted by molar-refractivity contribution is 9.10. The molecule has 18 heavy (non-hydrogen) atoms. The van der Waals surface area contributed by atoms with E-state index in [0.29, 0.717) is 5.69 Å². The summed E-state index contributed by atoms with van der Waals surface area (Å²) in [6.07, 6.45) is 3.25. The number of nitro groups is 1. The van der Waals surface area contributed by atoms with Crippen molar-refractivity contribution in [2.24, 2.45) is 0 Å². The van der Waals surface area contributed by atoms with Gasteiger partial charge in [-0.2, -0.15) is 5.10 Å². The number of aromatic nitrogens is 2. The van der Waals surface area contributed by atoms with Gasteiger partial charge in [0, 0.05) is 23.9 Å². The van der Waals surface area contributed by atoms with Crippen LogP contribution in [0.25, 0.3) is 5.69 Å². The molecule has 0 atom stereocenters. The maximum absolute atomic E-state index is 11.5. The predicted molar refractivity (Wildman–Crippen MR) is 67.9 cm³/mol. The second kappa shape index (κ2) is 4.69. The molecule has 0 aliphatic heterocycles. The predicted octanol–water partition coefficient (Wildman–Crippen LogP) is 2.75. The Morgan fingerprint density at radius 3 is 2.72 bits per heavy atom. The van der Waals surface area contributed by atoms with Gasteiger partial charge in [-0.25, -0.2) is 4.68 Å². The van der Waals surface area contributed by atoms with Gasteiger partial charge in [-0.3, -0.25) is 14.9 Å². The first-order valence-electron chi connectivity index (χ1n) is 4.99. The summed E-state index contributed by atoms with van der Waals surface area (Å²) in [5, 5.41) is 14.7. The molecule has 92 valence electrons. The van der Waals surface area contributed by atoms with Crippen LogP contribution in [0.4, 0.5) is 5.69 Å². The van der Waals surface area contributed by atoms with Crippen LogP contribution in [0.5, 0.6) is 0 Å². The van der Waals surface area contributed by atoms with Crippen molar-refractivity contribution in [3.8, 4) is 5.69 Å². The molecular weight excluding hydrogens is 302 g/mol. The number of nitrogens with zero attached hydrogens (tertiary/aromatic N) is 3. The highest BCUT2D eigenvalue weighted by atomic mass is 79.9. The molecule has 0 spiro atoms. The lowest BCUT2D eigenvalue weighted by Crippen LogP contribution is -2.05. The number of carbonyl (C=O) groups is 1. The molecule has 0 amide bonds. The number of nitro benzene ring substituents is 1. The summed E-state index contributed by atoms with van der Waals surface area (Å²) in [7, 11) is 0. The van der Waals surface area contributed by atoms with E-state index in [1.165, 1.54) is 29.8 Å². The molecule has 0 radical (unpaired) electrons. The van der Waals surface area contributed by atoms with Gasteiger partial charge in [-0.15, -0.1) is 0 Å². The van der Waals surface area contributed by atoms with E-state index in [2.05, 4.69) is 21.0 Å². The third-order valence-electron chi connectivity index (χ3n) is 2.37. The molecule has 1 aromatic carbocycles. The van der Waals surface area contributed by atoms with Crippen molar-refractivity contribution in [2.45, 2.75) is 6.92 Å². The number of rotatable bonds is 3. The maximum atomic E-state index is 11.5. The van der Waals surface area contributed by atoms with Crippen molar-refractivity contribution in [3.63, 3.8) is 0 Å². The molecule has 0 bridgehead atoms. The Kier molecular flexibility index (Phi) is 3.24. The van der Waals surface area contributed by atoms with Crippen molar-refractivity contribution in [1.82, 2.24) is 9.78 Å². The van der Waals surface area contributed by atoms with Crippen LogP contribution in [0.1, 0.15) is 17.3 Å². The van der Waals surface area contributed by atoms with Crippen LogP contribution in [0.15, 0.2) is 35.1 Å². The molecule has 7 heteroatoms. The fourth-order valence-corrected chi connectivity index (χ4v) is 1.84. The first-order valence-corrected chi connectivity index (χ1v) is 5.78. The smallest absolute Gasteiger partial charge is 0.270 e. The maximum Gasteiger partial charge on any atom is 0.270 e. The first kappa shape index (κ1) is 12.4. The average molecular weight is 310 g/mol. The minimum absolute atomic E-state index is 0.116. The molecule has 0 aliphatic carbocycles. The molecule has 1 heterocycles. The fraction of sp³-hybridized carbons (Fsp3) is 0.0909. The SMILES string of the molecule is CC(=O)c1cc([N+](=O)[O-])ccc1-n1cc(Br)cn1. The zero-order valence-corrected chi connectivity index (χ0v) is 10.9. The number of hydrogen-bond acceptors (Lipinski definition) is 4. The van der Waals surface area contributed by atoms with Gasteiger partial charge in [-0.1, -0.05) is 0 Å². The quantitative estimate of drug-likeness (QED) is 0.496. The summed E-state index contributed by atoms with van der Waals surface area (Å²) < 4.78 is 2.25. The topological polar surface area (TPSA) is 78.0 Å².